The number of halogens is 3. The van der Waals surface area contributed by atoms with Crippen LogP contribution in [-0.4, -0.2) is 17.2 Å². The Bertz CT molecular complexity index is 474. The Morgan fingerprint density at radius 1 is 1.29 bits per heavy atom. The van der Waals surface area contributed by atoms with Gasteiger partial charge in [-0.15, -0.1) is 11.3 Å². The fourth-order valence-electron chi connectivity index (χ4n) is 1.60. The summed E-state index contributed by atoms with van der Waals surface area (Å²) in [5.74, 6) is 0. The van der Waals surface area contributed by atoms with Gasteiger partial charge >= 0.3 is 6.18 Å². The van der Waals surface area contributed by atoms with Crippen molar-refractivity contribution in [3.63, 3.8) is 0 Å². The first kappa shape index (κ1) is 12.3. The van der Waals surface area contributed by atoms with E-state index >= 15 is 0 Å². The average molecular weight is 260 g/mol. The molecule has 0 spiro atoms. The van der Waals surface area contributed by atoms with Crippen LogP contribution in [0.1, 0.15) is 11.4 Å². The van der Waals surface area contributed by atoms with Crippen LogP contribution in [0, 0.1) is 0 Å². The molecule has 1 unspecified atom stereocenters. The molecule has 0 radical (unpaired) electrons. The molecule has 0 bridgehead atoms. The summed E-state index contributed by atoms with van der Waals surface area (Å²) in [7, 11) is 0. The van der Waals surface area contributed by atoms with Crippen LogP contribution in [0.4, 0.5) is 13.2 Å². The molecule has 17 heavy (non-hydrogen) atoms. The topological polar surface area (TPSA) is 38.9 Å². The summed E-state index contributed by atoms with van der Waals surface area (Å²) in [4.78, 5) is 4.25. The van der Waals surface area contributed by atoms with Crippen LogP contribution in [0.5, 0.6) is 0 Å². The van der Waals surface area contributed by atoms with Crippen LogP contribution >= 0.6 is 11.3 Å². The average Bonchev–Trinajstić information content (AvgIpc) is 2.55. The zero-order valence-electron chi connectivity index (χ0n) is 8.87. The van der Waals surface area contributed by atoms with E-state index in [4.69, 9.17) is 5.73 Å². The molecule has 0 saturated carbocycles. The lowest BCUT2D eigenvalue weighted by Crippen LogP contribution is -2.29. The fraction of sp³-hybridized carbons (Fsp3) is 0.364. The van der Waals surface area contributed by atoms with Gasteiger partial charge in [0.1, 0.15) is 0 Å². The summed E-state index contributed by atoms with van der Waals surface area (Å²) in [6.07, 6.45) is -5.02. The smallest absolute Gasteiger partial charge is 0.327 e. The third kappa shape index (κ3) is 3.41. The predicted octanol–water partition coefficient (Wildman–Crippen LogP) is 3.12. The summed E-state index contributed by atoms with van der Waals surface area (Å²) >= 11 is 1.39. The summed E-state index contributed by atoms with van der Waals surface area (Å²) in [5.41, 5.74) is 6.27. The number of hydrogen-bond donors (Lipinski definition) is 1. The van der Waals surface area contributed by atoms with Gasteiger partial charge in [0.15, 0.2) is 0 Å². The van der Waals surface area contributed by atoms with Crippen molar-refractivity contribution in [1.29, 1.82) is 0 Å². The van der Waals surface area contributed by atoms with Crippen LogP contribution in [0.3, 0.4) is 0 Å². The summed E-state index contributed by atoms with van der Waals surface area (Å²) in [6, 6.07) is 6.54. The molecule has 1 atom stereocenters. The molecule has 0 aliphatic carbocycles. The molecule has 2 aromatic rings. The molecule has 6 heteroatoms. The molecule has 1 aromatic heterocycles. The highest BCUT2D eigenvalue weighted by Gasteiger charge is 2.30. The number of fused-ring (bicyclic) bond motifs is 1. The molecule has 0 aliphatic heterocycles. The molecule has 2 nitrogen and oxygen atoms in total. The standard InChI is InChI=1S/C11H11F3N2S/c12-11(13,14)6-7(15)5-10-16-8-3-1-2-4-9(8)17-10/h1-4,7H,5-6,15H2. The number of benzene rings is 1. The molecule has 1 heterocycles. The van der Waals surface area contributed by atoms with E-state index in [9.17, 15) is 13.2 Å². The molecule has 1 aromatic carbocycles. The third-order valence-electron chi connectivity index (χ3n) is 2.27. The maximum absolute atomic E-state index is 12.1. The number of aromatic nitrogens is 1. The van der Waals surface area contributed by atoms with Gasteiger partial charge < -0.3 is 5.73 Å². The van der Waals surface area contributed by atoms with E-state index in [1.165, 1.54) is 11.3 Å². The quantitative estimate of drug-likeness (QED) is 0.920. The first-order valence-electron chi connectivity index (χ1n) is 5.11. The van der Waals surface area contributed by atoms with Gasteiger partial charge in [-0.1, -0.05) is 12.1 Å². The SMILES string of the molecule is NC(Cc1nc2ccccc2s1)CC(F)(F)F. The van der Waals surface area contributed by atoms with Crippen molar-refractivity contribution in [1.82, 2.24) is 4.98 Å². The molecule has 0 fully saturated rings. The summed E-state index contributed by atoms with van der Waals surface area (Å²) in [5, 5.41) is 0.656. The molecule has 2 rings (SSSR count). The van der Waals surface area contributed by atoms with E-state index in [0.29, 0.717) is 5.01 Å². The van der Waals surface area contributed by atoms with Crippen molar-refractivity contribution in [2.45, 2.75) is 25.1 Å². The van der Waals surface area contributed by atoms with Gasteiger partial charge in [-0.3, -0.25) is 0 Å². The molecule has 0 aliphatic rings. The van der Waals surface area contributed by atoms with Crippen molar-refractivity contribution in [2.75, 3.05) is 0 Å². The summed E-state index contributed by atoms with van der Waals surface area (Å²) < 4.78 is 37.3. The monoisotopic (exact) mass is 260 g/mol. The van der Waals surface area contributed by atoms with Gasteiger partial charge in [-0.05, 0) is 12.1 Å². The normalized spacial score (nSPS) is 14.1. The molecule has 92 valence electrons. The number of nitrogens with two attached hydrogens (primary N) is 1. The van der Waals surface area contributed by atoms with Crippen LogP contribution in [0.25, 0.3) is 10.2 Å². The van der Waals surface area contributed by atoms with Gasteiger partial charge in [-0.25, -0.2) is 4.98 Å². The van der Waals surface area contributed by atoms with Gasteiger partial charge in [0, 0.05) is 12.5 Å². The van der Waals surface area contributed by atoms with Crippen LogP contribution < -0.4 is 5.73 Å². The Kier molecular flexibility index (Phi) is 3.35. The first-order chi connectivity index (χ1) is 7.94. The number of nitrogens with zero attached hydrogens (tertiary/aromatic N) is 1. The van der Waals surface area contributed by atoms with Crippen LogP contribution in [-0.2, 0) is 6.42 Å². The fourth-order valence-corrected chi connectivity index (χ4v) is 2.66. The second kappa shape index (κ2) is 4.62. The van der Waals surface area contributed by atoms with Gasteiger partial charge in [0.2, 0.25) is 0 Å². The maximum atomic E-state index is 12.1. The van der Waals surface area contributed by atoms with Gasteiger partial charge in [-0.2, -0.15) is 13.2 Å². The third-order valence-corrected chi connectivity index (χ3v) is 3.33. The van der Waals surface area contributed by atoms with Crippen molar-refractivity contribution in [2.24, 2.45) is 5.73 Å². The number of hydrogen-bond acceptors (Lipinski definition) is 3. The van der Waals surface area contributed by atoms with E-state index in [-0.39, 0.29) is 6.42 Å². The zero-order valence-corrected chi connectivity index (χ0v) is 9.68. The van der Waals surface area contributed by atoms with Gasteiger partial charge in [0.05, 0.1) is 21.6 Å². The molecule has 2 N–H and O–H groups in total. The number of rotatable bonds is 3. The predicted molar refractivity (Wildman–Crippen MR) is 62.0 cm³/mol. The van der Waals surface area contributed by atoms with Crippen molar-refractivity contribution in [3.05, 3.63) is 29.3 Å². The Balaban J connectivity index is 2.08. The second-order valence-electron chi connectivity index (χ2n) is 3.86. The minimum Gasteiger partial charge on any atom is -0.327 e. The maximum Gasteiger partial charge on any atom is 0.390 e. The zero-order chi connectivity index (χ0) is 12.5. The van der Waals surface area contributed by atoms with E-state index in [1.54, 1.807) is 0 Å². The molecular formula is C11H11F3N2S. The Morgan fingerprint density at radius 2 is 2.00 bits per heavy atom. The van der Waals surface area contributed by atoms with E-state index in [1.807, 2.05) is 24.3 Å². The van der Waals surface area contributed by atoms with Crippen molar-refractivity contribution < 1.29 is 13.2 Å². The minimum atomic E-state index is -4.21. The van der Waals surface area contributed by atoms with Crippen molar-refractivity contribution >= 4 is 21.6 Å². The molecule has 0 saturated heterocycles. The minimum absolute atomic E-state index is 0.166. The summed E-state index contributed by atoms with van der Waals surface area (Å²) in [6.45, 7) is 0. The van der Waals surface area contributed by atoms with Crippen LogP contribution in [0.2, 0.25) is 0 Å². The van der Waals surface area contributed by atoms with Crippen molar-refractivity contribution in [3.8, 4) is 0 Å². The number of para-hydroxylation sites is 1. The Hall–Kier alpha value is -1.14. The largest absolute Gasteiger partial charge is 0.390 e. The highest BCUT2D eigenvalue weighted by atomic mass is 32.1. The highest BCUT2D eigenvalue weighted by molar-refractivity contribution is 7.18. The van der Waals surface area contributed by atoms with Gasteiger partial charge in [0.25, 0.3) is 0 Å². The van der Waals surface area contributed by atoms with E-state index < -0.39 is 18.6 Å². The van der Waals surface area contributed by atoms with Crippen LogP contribution in [0.15, 0.2) is 24.3 Å². The molecular weight excluding hydrogens is 249 g/mol. The lowest BCUT2D eigenvalue weighted by Gasteiger charge is -2.12. The number of thiazole rings is 1. The van der Waals surface area contributed by atoms with E-state index in [0.717, 1.165) is 10.2 Å². The highest BCUT2D eigenvalue weighted by Crippen LogP contribution is 2.25. The number of alkyl halides is 3. The Morgan fingerprint density at radius 3 is 2.65 bits per heavy atom. The second-order valence-corrected chi connectivity index (χ2v) is 4.97. The first-order valence-corrected chi connectivity index (χ1v) is 5.92. The Labute approximate surface area is 100 Å². The molecule has 0 amide bonds. The lowest BCUT2D eigenvalue weighted by molar-refractivity contribution is -0.138. The lowest BCUT2D eigenvalue weighted by atomic mass is 10.1. The van der Waals surface area contributed by atoms with E-state index in [2.05, 4.69) is 4.98 Å².